The van der Waals surface area contributed by atoms with Gasteiger partial charge in [0.25, 0.3) is 0 Å². The van der Waals surface area contributed by atoms with E-state index in [1.54, 1.807) is 24.3 Å². The highest BCUT2D eigenvalue weighted by atomic mass is 16.1. The zero-order valence-corrected chi connectivity index (χ0v) is 7.59. The zero-order chi connectivity index (χ0) is 10.2. The van der Waals surface area contributed by atoms with Gasteiger partial charge in [0.1, 0.15) is 12.6 Å². The lowest BCUT2D eigenvalue weighted by atomic mass is 10.1. The van der Waals surface area contributed by atoms with Gasteiger partial charge in [-0.2, -0.15) is 0 Å². The number of carbonyl (C=O) groups excluding carboxylic acids is 2. The Hall–Kier alpha value is -1.96. The third-order valence-electron chi connectivity index (χ3n) is 1.66. The molecule has 0 aliphatic carbocycles. The lowest BCUT2D eigenvalue weighted by Crippen LogP contribution is -1.78. The molecule has 0 spiro atoms. The van der Waals surface area contributed by atoms with Crippen LogP contribution in [0.3, 0.4) is 0 Å². The van der Waals surface area contributed by atoms with Crippen molar-refractivity contribution in [1.82, 2.24) is 0 Å². The predicted octanol–water partition coefficient (Wildman–Crippen LogP) is 2.27. The molecule has 0 atom stereocenters. The van der Waals surface area contributed by atoms with Gasteiger partial charge in [-0.1, -0.05) is 42.5 Å². The summed E-state index contributed by atoms with van der Waals surface area (Å²) in [4.78, 5) is 20.3. The number of hydrogen-bond acceptors (Lipinski definition) is 2. The summed E-state index contributed by atoms with van der Waals surface area (Å²) < 4.78 is 0. The number of allylic oxidation sites excluding steroid dienone is 3. The van der Waals surface area contributed by atoms with E-state index in [-0.39, 0.29) is 0 Å². The lowest BCUT2D eigenvalue weighted by molar-refractivity contribution is -0.104. The van der Waals surface area contributed by atoms with E-state index in [2.05, 4.69) is 0 Å². The van der Waals surface area contributed by atoms with Crippen LogP contribution in [-0.4, -0.2) is 12.6 Å². The van der Waals surface area contributed by atoms with E-state index in [1.165, 1.54) is 6.08 Å². The molecule has 0 saturated carbocycles. The van der Waals surface area contributed by atoms with Gasteiger partial charge in [0.2, 0.25) is 0 Å². The highest BCUT2D eigenvalue weighted by Gasteiger charge is 1.87. The van der Waals surface area contributed by atoms with Gasteiger partial charge in [0.15, 0.2) is 0 Å². The second-order valence-corrected chi connectivity index (χ2v) is 2.66. The van der Waals surface area contributed by atoms with Gasteiger partial charge in [0, 0.05) is 5.56 Å². The Labute approximate surface area is 82.6 Å². The maximum Gasteiger partial charge on any atom is 0.150 e. The highest BCUT2D eigenvalue weighted by molar-refractivity contribution is 5.75. The minimum absolute atomic E-state index is 0.658. The van der Waals surface area contributed by atoms with Crippen molar-refractivity contribution >= 4 is 18.6 Å². The molecule has 0 amide bonds. The van der Waals surface area contributed by atoms with Crippen molar-refractivity contribution < 1.29 is 9.59 Å². The van der Waals surface area contributed by atoms with Crippen LogP contribution in [0.2, 0.25) is 0 Å². The molecule has 0 aliphatic rings. The molecule has 0 bridgehead atoms. The third-order valence-corrected chi connectivity index (χ3v) is 1.66. The Kier molecular flexibility index (Phi) is 4.08. The second kappa shape index (κ2) is 5.65. The van der Waals surface area contributed by atoms with Crippen LogP contribution in [0, 0.1) is 0 Å². The van der Waals surface area contributed by atoms with Gasteiger partial charge in [-0.3, -0.25) is 9.59 Å². The summed E-state index contributed by atoms with van der Waals surface area (Å²) in [7, 11) is 0. The summed E-state index contributed by atoms with van der Waals surface area (Å²) in [5.41, 5.74) is 1.65. The van der Waals surface area contributed by atoms with Crippen LogP contribution in [0.5, 0.6) is 0 Å². The van der Waals surface area contributed by atoms with Gasteiger partial charge in [-0.15, -0.1) is 0 Å². The normalized spacial score (nSPS) is 10.9. The number of aldehydes is 2. The topological polar surface area (TPSA) is 34.1 Å². The van der Waals surface area contributed by atoms with Gasteiger partial charge >= 0.3 is 0 Å². The van der Waals surface area contributed by atoms with E-state index in [4.69, 9.17) is 0 Å². The van der Waals surface area contributed by atoms with Crippen LogP contribution in [0.1, 0.15) is 15.9 Å². The van der Waals surface area contributed by atoms with Gasteiger partial charge in [-0.25, -0.2) is 0 Å². The molecule has 0 aliphatic heterocycles. The molecule has 0 unspecified atom stereocenters. The van der Waals surface area contributed by atoms with Gasteiger partial charge in [0.05, 0.1) is 0 Å². The number of rotatable bonds is 4. The van der Waals surface area contributed by atoms with Crippen LogP contribution in [0.15, 0.2) is 42.5 Å². The Morgan fingerprint density at radius 3 is 2.00 bits per heavy atom. The summed E-state index contributed by atoms with van der Waals surface area (Å²) in [6.07, 6.45) is 8.22. The minimum Gasteiger partial charge on any atom is -0.299 e. The molecule has 1 rings (SSSR count). The number of hydrogen-bond donors (Lipinski definition) is 0. The molecule has 1 aromatic carbocycles. The van der Waals surface area contributed by atoms with E-state index in [1.807, 2.05) is 18.2 Å². The first-order valence-electron chi connectivity index (χ1n) is 4.20. The maximum absolute atomic E-state index is 10.3. The van der Waals surface area contributed by atoms with Crippen molar-refractivity contribution in [3.05, 3.63) is 53.6 Å². The molecule has 0 saturated heterocycles. The average molecular weight is 186 g/mol. The summed E-state index contributed by atoms with van der Waals surface area (Å²) in [5.74, 6) is 0. The maximum atomic E-state index is 10.3. The van der Waals surface area contributed by atoms with Gasteiger partial charge < -0.3 is 0 Å². The molecule has 0 N–H and O–H groups in total. The van der Waals surface area contributed by atoms with Crippen molar-refractivity contribution in [2.75, 3.05) is 0 Å². The molecule has 0 radical (unpaired) electrons. The van der Waals surface area contributed by atoms with Crippen LogP contribution < -0.4 is 0 Å². The van der Waals surface area contributed by atoms with Crippen molar-refractivity contribution in [2.24, 2.45) is 0 Å². The van der Waals surface area contributed by atoms with E-state index in [0.29, 0.717) is 5.56 Å². The number of benzene rings is 1. The van der Waals surface area contributed by atoms with E-state index in [0.717, 1.165) is 18.1 Å². The third kappa shape index (κ3) is 3.19. The molecule has 2 heteroatoms. The van der Waals surface area contributed by atoms with E-state index in [9.17, 15) is 9.59 Å². The largest absolute Gasteiger partial charge is 0.299 e. The summed E-state index contributed by atoms with van der Waals surface area (Å²) >= 11 is 0. The Morgan fingerprint density at radius 1 is 0.786 bits per heavy atom. The van der Waals surface area contributed by atoms with Crippen molar-refractivity contribution in [2.45, 2.75) is 0 Å². The molecule has 70 valence electrons. The summed E-state index contributed by atoms with van der Waals surface area (Å²) in [6.45, 7) is 0. The molecular formula is C12H10O2. The lowest BCUT2D eigenvalue weighted by Gasteiger charge is -1.92. The highest BCUT2D eigenvalue weighted by Crippen LogP contribution is 2.04. The monoisotopic (exact) mass is 186 g/mol. The molecule has 2 nitrogen and oxygen atoms in total. The van der Waals surface area contributed by atoms with Crippen molar-refractivity contribution in [3.63, 3.8) is 0 Å². The van der Waals surface area contributed by atoms with Crippen LogP contribution >= 0.6 is 0 Å². The van der Waals surface area contributed by atoms with Crippen LogP contribution in [0.4, 0.5) is 0 Å². The fraction of sp³-hybridized carbons (Fsp3) is 0. The molecule has 14 heavy (non-hydrogen) atoms. The molecule has 1 aromatic rings. The SMILES string of the molecule is O=CC=CC=Cc1ccc(C=O)cc1. The number of carbonyl (C=O) groups is 2. The standard InChI is InChI=1S/C12H10O2/c13-9-3-1-2-4-11-5-7-12(10-14)8-6-11/h1-10H. The smallest absolute Gasteiger partial charge is 0.150 e. The van der Waals surface area contributed by atoms with Crippen molar-refractivity contribution in [1.29, 1.82) is 0 Å². The molecule has 0 aromatic heterocycles. The fourth-order valence-corrected chi connectivity index (χ4v) is 0.962. The van der Waals surface area contributed by atoms with Crippen LogP contribution in [-0.2, 0) is 4.79 Å². The summed E-state index contributed by atoms with van der Waals surface area (Å²) in [6, 6.07) is 7.18. The molecule has 0 fully saturated rings. The zero-order valence-electron chi connectivity index (χ0n) is 7.59. The first-order valence-corrected chi connectivity index (χ1v) is 4.20. The van der Waals surface area contributed by atoms with Crippen molar-refractivity contribution in [3.8, 4) is 0 Å². The fourth-order valence-electron chi connectivity index (χ4n) is 0.962. The Morgan fingerprint density at radius 2 is 1.43 bits per heavy atom. The first kappa shape index (κ1) is 10.1. The molecular weight excluding hydrogens is 176 g/mol. The second-order valence-electron chi connectivity index (χ2n) is 2.66. The van der Waals surface area contributed by atoms with Gasteiger partial charge in [-0.05, 0) is 11.6 Å². The first-order chi connectivity index (χ1) is 6.86. The minimum atomic E-state index is 0.658. The summed E-state index contributed by atoms with van der Waals surface area (Å²) in [5, 5.41) is 0. The van der Waals surface area contributed by atoms with Crippen LogP contribution in [0.25, 0.3) is 6.08 Å². The Bertz CT molecular complexity index is 358. The average Bonchev–Trinajstić information content (AvgIpc) is 2.25. The predicted molar refractivity (Wildman–Crippen MR) is 56.1 cm³/mol. The van der Waals surface area contributed by atoms with E-state index < -0.39 is 0 Å². The Balaban J connectivity index is 2.68. The van der Waals surface area contributed by atoms with E-state index >= 15 is 0 Å². The molecule has 0 heterocycles. The quantitative estimate of drug-likeness (QED) is 0.410.